The third-order valence-electron chi connectivity index (χ3n) is 5.33. The van der Waals surface area contributed by atoms with E-state index < -0.39 is 10.7 Å². The van der Waals surface area contributed by atoms with Gasteiger partial charge in [-0.3, -0.25) is 20.0 Å². The molecule has 1 unspecified atom stereocenters. The third kappa shape index (κ3) is 6.11. The molecular formula is C21H29N3O3S3. The second-order valence-electron chi connectivity index (χ2n) is 8.02. The molecule has 0 aromatic heterocycles. The van der Waals surface area contributed by atoms with E-state index in [9.17, 15) is 14.7 Å². The first kappa shape index (κ1) is 23.3. The number of hydrogen-bond acceptors (Lipinski definition) is 6. The number of carboxylic acid groups (broad SMARTS) is 1. The van der Waals surface area contributed by atoms with Crippen molar-refractivity contribution < 1.29 is 14.7 Å². The van der Waals surface area contributed by atoms with Crippen LogP contribution in [0.15, 0.2) is 34.2 Å². The molecule has 2 aliphatic rings. The van der Waals surface area contributed by atoms with Gasteiger partial charge >= 0.3 is 12.0 Å². The fourth-order valence-electron chi connectivity index (χ4n) is 3.54. The minimum absolute atomic E-state index is 0.0180. The van der Waals surface area contributed by atoms with Crippen LogP contribution >= 0.6 is 35.3 Å². The lowest BCUT2D eigenvalue weighted by Crippen LogP contribution is -2.44. The van der Waals surface area contributed by atoms with E-state index in [0.717, 1.165) is 23.4 Å². The van der Waals surface area contributed by atoms with E-state index in [0.29, 0.717) is 24.2 Å². The Morgan fingerprint density at radius 2 is 1.93 bits per heavy atom. The minimum atomic E-state index is -0.889. The number of aliphatic carboxylic acids is 1. The molecule has 1 aliphatic heterocycles. The van der Waals surface area contributed by atoms with Crippen LogP contribution in [0.1, 0.15) is 39.5 Å². The molecule has 2 N–H and O–H groups in total. The molecule has 9 heteroatoms. The zero-order valence-corrected chi connectivity index (χ0v) is 20.0. The number of urea groups is 1. The van der Waals surface area contributed by atoms with Crippen molar-refractivity contribution in [3.63, 3.8) is 0 Å². The number of rotatable bonds is 7. The van der Waals surface area contributed by atoms with Crippen molar-refractivity contribution >= 4 is 58.1 Å². The summed E-state index contributed by atoms with van der Waals surface area (Å²) in [7, 11) is 0. The first-order chi connectivity index (χ1) is 14.3. The van der Waals surface area contributed by atoms with Crippen LogP contribution in [0.2, 0.25) is 0 Å². The van der Waals surface area contributed by atoms with Crippen molar-refractivity contribution in [1.29, 1.82) is 0 Å². The number of benzene rings is 1. The van der Waals surface area contributed by atoms with E-state index in [1.807, 2.05) is 35.4 Å². The van der Waals surface area contributed by atoms with Crippen LogP contribution in [0.5, 0.6) is 0 Å². The van der Waals surface area contributed by atoms with Crippen molar-refractivity contribution in [2.45, 2.75) is 53.8 Å². The van der Waals surface area contributed by atoms with Crippen LogP contribution in [0.25, 0.3) is 0 Å². The zero-order valence-electron chi connectivity index (χ0n) is 17.6. The second-order valence-corrected chi connectivity index (χ2v) is 12.2. The average Bonchev–Trinajstić information content (AvgIpc) is 3.38. The average molecular weight is 468 g/mol. The molecule has 1 heterocycles. The van der Waals surface area contributed by atoms with Gasteiger partial charge in [0.05, 0.1) is 11.1 Å². The first-order valence-corrected chi connectivity index (χ1v) is 13.1. The number of nitrogens with zero attached hydrogens (tertiary/aromatic N) is 2. The number of hydrogen-bond donors (Lipinski definition) is 2. The fourth-order valence-corrected chi connectivity index (χ4v) is 6.74. The predicted molar refractivity (Wildman–Crippen MR) is 129 cm³/mol. The number of carbonyl (C=O) groups is 2. The van der Waals surface area contributed by atoms with Crippen molar-refractivity contribution in [3.05, 3.63) is 24.3 Å². The topological polar surface area (TPSA) is 82.0 Å². The van der Waals surface area contributed by atoms with Crippen LogP contribution in [0, 0.1) is 5.92 Å². The Morgan fingerprint density at radius 3 is 2.53 bits per heavy atom. The Labute approximate surface area is 191 Å². The Morgan fingerprint density at radius 1 is 1.27 bits per heavy atom. The van der Waals surface area contributed by atoms with Crippen LogP contribution in [0.3, 0.4) is 0 Å². The summed E-state index contributed by atoms with van der Waals surface area (Å²) in [6.07, 6.45) is 6.81. The summed E-state index contributed by atoms with van der Waals surface area (Å²) in [4.78, 5) is 32.0. The molecule has 164 valence electrons. The summed E-state index contributed by atoms with van der Waals surface area (Å²) in [6.45, 7) is 4.58. The maximum absolute atomic E-state index is 13.2. The number of nitrogens with one attached hydrogen (secondary N) is 1. The molecule has 1 saturated carbocycles. The van der Waals surface area contributed by atoms with E-state index in [2.05, 4.69) is 10.3 Å². The van der Waals surface area contributed by atoms with Gasteiger partial charge in [-0.05, 0) is 63.1 Å². The van der Waals surface area contributed by atoms with Gasteiger partial charge in [0.25, 0.3) is 0 Å². The lowest BCUT2D eigenvalue weighted by molar-refractivity contribution is -0.138. The second kappa shape index (κ2) is 10.3. The van der Waals surface area contributed by atoms with E-state index in [4.69, 9.17) is 0 Å². The molecule has 30 heavy (non-hydrogen) atoms. The van der Waals surface area contributed by atoms with E-state index in [1.165, 1.54) is 36.4 Å². The van der Waals surface area contributed by atoms with Gasteiger partial charge < -0.3 is 5.11 Å². The monoisotopic (exact) mass is 467 g/mol. The van der Waals surface area contributed by atoms with Gasteiger partial charge in [0.1, 0.15) is 4.75 Å². The first-order valence-electron chi connectivity index (χ1n) is 10.1. The van der Waals surface area contributed by atoms with E-state index in [-0.39, 0.29) is 10.6 Å². The summed E-state index contributed by atoms with van der Waals surface area (Å²) in [5.41, 5.74) is 0.888. The van der Waals surface area contributed by atoms with E-state index >= 15 is 0 Å². The van der Waals surface area contributed by atoms with Crippen LogP contribution in [-0.2, 0) is 4.79 Å². The number of anilines is 1. The molecule has 1 fully saturated rings. The Bertz CT molecular complexity index is 792. The molecule has 1 aromatic rings. The number of aliphatic imine (C=N–C) groups is 1. The summed E-state index contributed by atoms with van der Waals surface area (Å²) >= 11 is 4.48. The van der Waals surface area contributed by atoms with Crippen LogP contribution in [-0.4, -0.2) is 50.9 Å². The molecule has 0 radical (unpaired) electrons. The van der Waals surface area contributed by atoms with Gasteiger partial charge in [-0.25, -0.2) is 4.79 Å². The maximum Gasteiger partial charge on any atom is 0.327 e. The molecule has 0 bridgehead atoms. The van der Waals surface area contributed by atoms with Crippen molar-refractivity contribution in [3.8, 4) is 0 Å². The van der Waals surface area contributed by atoms with Crippen molar-refractivity contribution in [1.82, 2.24) is 5.32 Å². The number of amides is 2. The standard InChI is InChI=1S/C21H29N3O3S3/c1-21(2,18(25)26)30-17-12-22-19(29-17)23-20(27)24(13-14-6-4-5-7-14)15-8-10-16(28-3)11-9-15/h8-11,14,17H,4-7,12-13H2,1-3H3,(H,25,26)(H,22,23,27). The Kier molecular flexibility index (Phi) is 8.04. The Hall–Kier alpha value is -1.32. The van der Waals surface area contributed by atoms with Crippen molar-refractivity contribution in [2.75, 3.05) is 24.2 Å². The highest BCUT2D eigenvalue weighted by molar-refractivity contribution is 8.25. The number of amidine groups is 1. The number of carbonyl (C=O) groups excluding carboxylic acids is 1. The Balaban J connectivity index is 1.65. The molecule has 3 rings (SSSR count). The zero-order chi connectivity index (χ0) is 21.7. The summed E-state index contributed by atoms with van der Waals surface area (Å²) in [5.74, 6) is -0.323. The molecule has 6 nitrogen and oxygen atoms in total. The summed E-state index contributed by atoms with van der Waals surface area (Å²) in [5, 5.41) is 12.9. The van der Waals surface area contributed by atoms with Crippen LogP contribution in [0.4, 0.5) is 10.5 Å². The highest BCUT2D eigenvalue weighted by Gasteiger charge is 2.35. The van der Waals surface area contributed by atoms with Gasteiger partial charge in [0.15, 0.2) is 5.17 Å². The molecule has 1 aliphatic carbocycles. The molecule has 0 spiro atoms. The normalized spacial score (nSPS) is 19.6. The lowest BCUT2D eigenvalue weighted by atomic mass is 10.1. The van der Waals surface area contributed by atoms with Crippen LogP contribution < -0.4 is 10.2 Å². The van der Waals surface area contributed by atoms with Gasteiger partial charge in [-0.1, -0.05) is 24.6 Å². The lowest BCUT2D eigenvalue weighted by Gasteiger charge is -2.26. The third-order valence-corrected chi connectivity index (χ3v) is 8.69. The molecule has 1 aromatic carbocycles. The fraction of sp³-hybridized carbons (Fsp3) is 0.571. The van der Waals surface area contributed by atoms with E-state index in [1.54, 1.807) is 25.6 Å². The molecule has 2 amide bonds. The smallest absolute Gasteiger partial charge is 0.327 e. The minimum Gasteiger partial charge on any atom is -0.480 e. The molecule has 0 saturated heterocycles. The highest BCUT2D eigenvalue weighted by Crippen LogP contribution is 2.38. The van der Waals surface area contributed by atoms with Gasteiger partial charge in [-0.15, -0.1) is 23.5 Å². The van der Waals surface area contributed by atoms with Gasteiger partial charge in [0, 0.05) is 17.1 Å². The maximum atomic E-state index is 13.2. The summed E-state index contributed by atoms with van der Waals surface area (Å²) in [6, 6.07) is 7.90. The predicted octanol–water partition coefficient (Wildman–Crippen LogP) is 5.14. The number of thioether (sulfide) groups is 3. The SMILES string of the molecule is CSc1ccc(N(CC2CCCC2)C(=O)NC2=NCC(SC(C)(C)C(=O)O)S2)cc1. The van der Waals surface area contributed by atoms with Gasteiger partial charge in [0.2, 0.25) is 0 Å². The largest absolute Gasteiger partial charge is 0.480 e. The molecule has 1 atom stereocenters. The summed E-state index contributed by atoms with van der Waals surface area (Å²) < 4.78 is -0.907. The quantitative estimate of drug-likeness (QED) is 0.540. The molecular weight excluding hydrogens is 438 g/mol. The van der Waals surface area contributed by atoms with Crippen molar-refractivity contribution in [2.24, 2.45) is 10.9 Å². The van der Waals surface area contributed by atoms with Gasteiger partial charge in [-0.2, -0.15) is 0 Å². The number of carboxylic acids is 1. The highest BCUT2D eigenvalue weighted by atomic mass is 32.2.